The summed E-state index contributed by atoms with van der Waals surface area (Å²) in [5, 5.41) is 0. The van der Waals surface area contributed by atoms with Crippen molar-refractivity contribution >= 4 is 11.6 Å². The smallest absolute Gasteiger partial charge is 0.272 e. The van der Waals surface area contributed by atoms with E-state index in [0.717, 1.165) is 32.7 Å². The number of pyridine rings is 1. The molecule has 1 saturated heterocycles. The number of hydrazine groups is 1. The molecule has 0 unspecified atom stereocenters. The van der Waals surface area contributed by atoms with Crippen LogP contribution in [-0.4, -0.2) is 53.4 Å². The summed E-state index contributed by atoms with van der Waals surface area (Å²) in [7, 11) is 0. The van der Waals surface area contributed by atoms with Crippen molar-refractivity contribution in [3.05, 3.63) is 24.0 Å². The van der Waals surface area contributed by atoms with E-state index in [9.17, 15) is 4.79 Å². The number of nitrogen functional groups attached to an aromatic ring is 1. The first-order valence-electron chi connectivity index (χ1n) is 6.19. The zero-order chi connectivity index (χ0) is 13.0. The van der Waals surface area contributed by atoms with E-state index in [1.807, 2.05) is 4.90 Å². The number of aromatic nitrogens is 1. The van der Waals surface area contributed by atoms with Gasteiger partial charge in [0.25, 0.3) is 5.91 Å². The second-order valence-corrected chi connectivity index (χ2v) is 4.30. The fourth-order valence-corrected chi connectivity index (χ4v) is 2.07. The Hall–Kier alpha value is -1.66. The van der Waals surface area contributed by atoms with E-state index in [-0.39, 0.29) is 5.91 Å². The molecule has 1 aliphatic rings. The van der Waals surface area contributed by atoms with Crippen LogP contribution in [0.15, 0.2) is 18.3 Å². The molecule has 18 heavy (non-hydrogen) atoms. The summed E-state index contributed by atoms with van der Waals surface area (Å²) in [5.74, 6) is 5.30. The Bertz CT molecular complexity index is 415. The molecule has 0 aliphatic carbocycles. The van der Waals surface area contributed by atoms with Crippen molar-refractivity contribution in [2.24, 2.45) is 5.84 Å². The first kappa shape index (κ1) is 12.8. The lowest BCUT2D eigenvalue weighted by Crippen LogP contribution is -2.48. The normalized spacial score (nSPS) is 16.7. The number of anilines is 1. The number of nitrogens with two attached hydrogens (primary N) is 1. The fraction of sp³-hybridized carbons (Fsp3) is 0.500. The number of nitrogens with one attached hydrogen (secondary N) is 1. The van der Waals surface area contributed by atoms with Crippen molar-refractivity contribution in [1.29, 1.82) is 0 Å². The molecule has 1 aliphatic heterocycles. The highest BCUT2D eigenvalue weighted by Crippen LogP contribution is 2.10. The zero-order valence-corrected chi connectivity index (χ0v) is 10.6. The lowest BCUT2D eigenvalue weighted by Gasteiger charge is -2.33. The molecular formula is C12H19N5O. The molecule has 1 amide bonds. The third-order valence-electron chi connectivity index (χ3n) is 3.25. The predicted molar refractivity (Wildman–Crippen MR) is 70.1 cm³/mol. The Morgan fingerprint density at radius 2 is 2.17 bits per heavy atom. The number of hydrogen-bond donors (Lipinski definition) is 2. The number of amides is 1. The van der Waals surface area contributed by atoms with E-state index in [1.54, 1.807) is 18.3 Å². The van der Waals surface area contributed by atoms with Crippen LogP contribution in [0.2, 0.25) is 0 Å². The topological polar surface area (TPSA) is 74.5 Å². The van der Waals surface area contributed by atoms with Crippen LogP contribution in [0.1, 0.15) is 17.4 Å². The van der Waals surface area contributed by atoms with Gasteiger partial charge in [0.15, 0.2) is 0 Å². The van der Waals surface area contributed by atoms with Crippen LogP contribution < -0.4 is 11.3 Å². The Morgan fingerprint density at radius 3 is 2.78 bits per heavy atom. The van der Waals surface area contributed by atoms with Gasteiger partial charge in [-0.15, -0.1) is 0 Å². The van der Waals surface area contributed by atoms with Crippen molar-refractivity contribution in [1.82, 2.24) is 14.8 Å². The molecule has 0 bridgehead atoms. The van der Waals surface area contributed by atoms with Gasteiger partial charge in [-0.2, -0.15) is 0 Å². The van der Waals surface area contributed by atoms with Crippen LogP contribution in [-0.2, 0) is 0 Å². The van der Waals surface area contributed by atoms with Crippen LogP contribution in [0.25, 0.3) is 0 Å². The highest BCUT2D eigenvalue weighted by Gasteiger charge is 2.22. The third-order valence-corrected chi connectivity index (χ3v) is 3.25. The molecule has 3 N–H and O–H groups in total. The summed E-state index contributed by atoms with van der Waals surface area (Å²) >= 11 is 0. The Kier molecular flexibility index (Phi) is 4.11. The maximum Gasteiger partial charge on any atom is 0.272 e. The van der Waals surface area contributed by atoms with E-state index in [4.69, 9.17) is 5.84 Å². The fourth-order valence-electron chi connectivity index (χ4n) is 2.07. The van der Waals surface area contributed by atoms with E-state index >= 15 is 0 Å². The molecule has 98 valence electrons. The van der Waals surface area contributed by atoms with Gasteiger partial charge in [-0.25, -0.2) is 0 Å². The van der Waals surface area contributed by atoms with Gasteiger partial charge in [0.1, 0.15) is 5.69 Å². The van der Waals surface area contributed by atoms with Crippen LogP contribution in [0.4, 0.5) is 5.69 Å². The predicted octanol–water partition coefficient (Wildman–Crippen LogP) is 0.145. The van der Waals surface area contributed by atoms with E-state index < -0.39 is 0 Å². The Labute approximate surface area is 107 Å². The van der Waals surface area contributed by atoms with Gasteiger partial charge in [-0.3, -0.25) is 15.6 Å². The van der Waals surface area contributed by atoms with Gasteiger partial charge in [-0.1, -0.05) is 6.92 Å². The van der Waals surface area contributed by atoms with Crippen molar-refractivity contribution < 1.29 is 4.79 Å². The molecule has 6 heteroatoms. The first-order valence-corrected chi connectivity index (χ1v) is 6.19. The van der Waals surface area contributed by atoms with Crippen molar-refractivity contribution in [3.8, 4) is 0 Å². The molecule has 0 saturated carbocycles. The number of carbonyl (C=O) groups is 1. The second-order valence-electron chi connectivity index (χ2n) is 4.30. The van der Waals surface area contributed by atoms with Gasteiger partial charge in [0, 0.05) is 32.4 Å². The van der Waals surface area contributed by atoms with Crippen molar-refractivity contribution in [2.75, 3.05) is 38.1 Å². The van der Waals surface area contributed by atoms with Crippen molar-refractivity contribution in [2.45, 2.75) is 6.92 Å². The molecule has 1 aromatic rings. The van der Waals surface area contributed by atoms with E-state index in [1.165, 1.54) is 0 Å². The van der Waals surface area contributed by atoms with E-state index in [0.29, 0.717) is 11.4 Å². The molecule has 2 rings (SSSR count). The lowest BCUT2D eigenvalue weighted by molar-refractivity contribution is 0.0637. The number of likely N-dealkylation sites (N-methyl/N-ethyl adjacent to an activating group) is 1. The molecule has 0 atom stereocenters. The lowest BCUT2D eigenvalue weighted by atomic mass is 10.2. The number of carbonyl (C=O) groups excluding carboxylic acids is 1. The number of nitrogens with zero attached hydrogens (tertiary/aromatic N) is 3. The summed E-state index contributed by atoms with van der Waals surface area (Å²) in [6, 6.07) is 3.40. The quantitative estimate of drug-likeness (QED) is 0.589. The van der Waals surface area contributed by atoms with Crippen LogP contribution >= 0.6 is 0 Å². The average molecular weight is 249 g/mol. The maximum atomic E-state index is 12.2. The summed E-state index contributed by atoms with van der Waals surface area (Å²) in [4.78, 5) is 20.5. The standard InChI is InChI=1S/C12H19N5O/c1-2-16-5-7-17(8-6-16)12(18)11-9-10(15-13)3-4-14-11/h3-4,9H,2,5-8,13H2,1H3,(H,14,15). The molecule has 1 aromatic heterocycles. The average Bonchev–Trinajstić information content (AvgIpc) is 2.46. The van der Waals surface area contributed by atoms with Gasteiger partial charge in [-0.05, 0) is 18.7 Å². The Morgan fingerprint density at radius 1 is 1.44 bits per heavy atom. The highest BCUT2D eigenvalue weighted by molar-refractivity contribution is 5.93. The summed E-state index contributed by atoms with van der Waals surface area (Å²) in [5.41, 5.74) is 3.66. The highest BCUT2D eigenvalue weighted by atomic mass is 16.2. The largest absolute Gasteiger partial charge is 0.335 e. The molecular weight excluding hydrogens is 230 g/mol. The minimum absolute atomic E-state index is 0.0251. The minimum Gasteiger partial charge on any atom is -0.335 e. The van der Waals surface area contributed by atoms with Gasteiger partial charge < -0.3 is 15.2 Å². The van der Waals surface area contributed by atoms with Gasteiger partial charge >= 0.3 is 0 Å². The number of hydrogen-bond acceptors (Lipinski definition) is 5. The molecule has 2 heterocycles. The number of piperazine rings is 1. The summed E-state index contributed by atoms with van der Waals surface area (Å²) in [6.45, 7) is 6.54. The Balaban J connectivity index is 2.03. The monoisotopic (exact) mass is 249 g/mol. The van der Waals surface area contributed by atoms with E-state index in [2.05, 4.69) is 22.2 Å². The first-order chi connectivity index (χ1) is 8.74. The maximum absolute atomic E-state index is 12.2. The molecule has 6 nitrogen and oxygen atoms in total. The van der Waals surface area contributed by atoms with Gasteiger partial charge in [0.05, 0.1) is 5.69 Å². The molecule has 1 fully saturated rings. The minimum atomic E-state index is -0.0251. The molecule has 0 spiro atoms. The third kappa shape index (κ3) is 2.77. The SMILES string of the molecule is CCN1CCN(C(=O)c2cc(NN)ccn2)CC1. The zero-order valence-electron chi connectivity index (χ0n) is 10.6. The molecule has 0 radical (unpaired) electrons. The van der Waals surface area contributed by atoms with Crippen LogP contribution in [0.5, 0.6) is 0 Å². The van der Waals surface area contributed by atoms with Crippen LogP contribution in [0.3, 0.4) is 0 Å². The summed E-state index contributed by atoms with van der Waals surface area (Å²) < 4.78 is 0. The molecule has 0 aromatic carbocycles. The second kappa shape index (κ2) is 5.79. The van der Waals surface area contributed by atoms with Gasteiger partial charge in [0.2, 0.25) is 0 Å². The van der Waals surface area contributed by atoms with Crippen molar-refractivity contribution in [3.63, 3.8) is 0 Å². The van der Waals surface area contributed by atoms with Crippen LogP contribution in [0, 0.1) is 0 Å². The summed E-state index contributed by atoms with van der Waals surface area (Å²) in [6.07, 6.45) is 1.59. The number of rotatable bonds is 3.